The topological polar surface area (TPSA) is 37.0 Å². The van der Waals surface area contributed by atoms with Crippen molar-refractivity contribution in [3.8, 4) is 0 Å². The molecule has 19 heavy (non-hydrogen) atoms. The first kappa shape index (κ1) is 13.5. The number of benzene rings is 1. The molecule has 0 saturated carbocycles. The molecule has 4 heteroatoms. The van der Waals surface area contributed by atoms with E-state index in [0.717, 1.165) is 25.1 Å². The summed E-state index contributed by atoms with van der Waals surface area (Å²) in [6.07, 6.45) is 5.60. The number of hydrogen-bond donors (Lipinski definition) is 2. The van der Waals surface area contributed by atoms with Gasteiger partial charge in [-0.05, 0) is 42.8 Å². The first-order valence-electron chi connectivity index (χ1n) is 6.33. The molecule has 0 aliphatic heterocycles. The average molecular weight is 271 g/mol. The number of aryl methyl sites for hydroxylation is 1. The van der Waals surface area contributed by atoms with Crippen molar-refractivity contribution in [2.45, 2.75) is 12.8 Å². The number of hydrogen-bond acceptors (Lipinski definition) is 2. The summed E-state index contributed by atoms with van der Waals surface area (Å²) in [5.41, 5.74) is 2.26. The number of thiocarbonyl (C=S) groups is 1. The van der Waals surface area contributed by atoms with Crippen LogP contribution in [0.3, 0.4) is 0 Å². The zero-order chi connectivity index (χ0) is 13.3. The van der Waals surface area contributed by atoms with Crippen molar-refractivity contribution < 1.29 is 0 Å². The number of pyridine rings is 1. The first-order valence-corrected chi connectivity index (χ1v) is 6.74. The number of nitrogens with zero attached hydrogens (tertiary/aromatic N) is 1. The first-order chi connectivity index (χ1) is 9.34. The van der Waals surface area contributed by atoms with Crippen LogP contribution in [0.2, 0.25) is 0 Å². The molecule has 0 amide bonds. The number of rotatable bonds is 5. The molecule has 2 N–H and O–H groups in total. The summed E-state index contributed by atoms with van der Waals surface area (Å²) < 4.78 is 0. The van der Waals surface area contributed by atoms with Crippen LogP contribution < -0.4 is 10.6 Å². The predicted octanol–water partition coefficient (Wildman–Crippen LogP) is 3.00. The Morgan fingerprint density at radius 3 is 2.68 bits per heavy atom. The SMILES string of the molecule is S=C(NCCCc1ccccc1)Nc1cccnc1. The Morgan fingerprint density at radius 1 is 1.11 bits per heavy atom. The summed E-state index contributed by atoms with van der Waals surface area (Å²) in [5.74, 6) is 0. The van der Waals surface area contributed by atoms with E-state index in [1.165, 1.54) is 5.56 Å². The summed E-state index contributed by atoms with van der Waals surface area (Å²) in [5, 5.41) is 6.93. The summed E-state index contributed by atoms with van der Waals surface area (Å²) in [4.78, 5) is 4.02. The van der Waals surface area contributed by atoms with Crippen molar-refractivity contribution >= 4 is 23.0 Å². The molecule has 0 aliphatic carbocycles. The van der Waals surface area contributed by atoms with Crippen LogP contribution in [0.5, 0.6) is 0 Å². The smallest absolute Gasteiger partial charge is 0.170 e. The minimum absolute atomic E-state index is 0.640. The Kier molecular flexibility index (Phi) is 5.31. The highest BCUT2D eigenvalue weighted by molar-refractivity contribution is 7.80. The van der Waals surface area contributed by atoms with Gasteiger partial charge < -0.3 is 10.6 Å². The lowest BCUT2D eigenvalue weighted by atomic mass is 10.1. The summed E-state index contributed by atoms with van der Waals surface area (Å²) in [6.45, 7) is 0.862. The van der Waals surface area contributed by atoms with Gasteiger partial charge in [-0.3, -0.25) is 4.98 Å². The monoisotopic (exact) mass is 271 g/mol. The number of nitrogens with one attached hydrogen (secondary N) is 2. The summed E-state index contributed by atoms with van der Waals surface area (Å²) in [7, 11) is 0. The van der Waals surface area contributed by atoms with Crippen molar-refractivity contribution in [1.82, 2.24) is 10.3 Å². The maximum absolute atomic E-state index is 5.22. The van der Waals surface area contributed by atoms with Crippen molar-refractivity contribution in [1.29, 1.82) is 0 Å². The third-order valence-corrected chi connectivity index (χ3v) is 2.94. The van der Waals surface area contributed by atoms with Gasteiger partial charge in [0.2, 0.25) is 0 Å². The van der Waals surface area contributed by atoms with Gasteiger partial charge >= 0.3 is 0 Å². The Balaban J connectivity index is 1.65. The highest BCUT2D eigenvalue weighted by Gasteiger charge is 1.97. The fourth-order valence-corrected chi connectivity index (χ4v) is 1.97. The van der Waals surface area contributed by atoms with Gasteiger partial charge in [0, 0.05) is 12.7 Å². The molecule has 0 atom stereocenters. The van der Waals surface area contributed by atoms with E-state index in [1.807, 2.05) is 18.2 Å². The molecule has 0 spiro atoms. The quantitative estimate of drug-likeness (QED) is 0.647. The molecule has 98 valence electrons. The van der Waals surface area contributed by atoms with Crippen LogP contribution in [0, 0.1) is 0 Å². The zero-order valence-electron chi connectivity index (χ0n) is 10.7. The Labute approximate surface area is 119 Å². The van der Waals surface area contributed by atoms with Crippen molar-refractivity contribution in [2.24, 2.45) is 0 Å². The van der Waals surface area contributed by atoms with E-state index in [4.69, 9.17) is 12.2 Å². The van der Waals surface area contributed by atoms with Gasteiger partial charge in [-0.2, -0.15) is 0 Å². The lowest BCUT2D eigenvalue weighted by molar-refractivity contribution is 0.777. The molecule has 1 aromatic heterocycles. The molecular formula is C15H17N3S. The van der Waals surface area contributed by atoms with Crippen LogP contribution in [0.25, 0.3) is 0 Å². The predicted molar refractivity (Wildman–Crippen MR) is 83.2 cm³/mol. The third-order valence-electron chi connectivity index (χ3n) is 2.69. The Hall–Kier alpha value is -1.94. The Morgan fingerprint density at radius 2 is 1.95 bits per heavy atom. The van der Waals surface area contributed by atoms with Crippen LogP contribution in [-0.2, 0) is 6.42 Å². The molecule has 0 fully saturated rings. The molecule has 0 saturated heterocycles. The van der Waals surface area contributed by atoms with E-state index in [-0.39, 0.29) is 0 Å². The van der Waals surface area contributed by atoms with Crippen LogP contribution in [0.4, 0.5) is 5.69 Å². The molecular weight excluding hydrogens is 254 g/mol. The van der Waals surface area contributed by atoms with Crippen LogP contribution in [0.15, 0.2) is 54.9 Å². The second-order valence-electron chi connectivity index (χ2n) is 4.21. The van der Waals surface area contributed by atoms with E-state index in [2.05, 4.69) is 39.9 Å². The van der Waals surface area contributed by atoms with E-state index in [0.29, 0.717) is 5.11 Å². The highest BCUT2D eigenvalue weighted by Crippen LogP contribution is 2.03. The van der Waals surface area contributed by atoms with Crippen molar-refractivity contribution in [3.05, 3.63) is 60.4 Å². The molecule has 1 aromatic carbocycles. The normalized spacial score (nSPS) is 9.89. The van der Waals surface area contributed by atoms with Crippen molar-refractivity contribution in [3.63, 3.8) is 0 Å². The number of aromatic nitrogens is 1. The van der Waals surface area contributed by atoms with Gasteiger partial charge in [-0.1, -0.05) is 30.3 Å². The molecule has 0 unspecified atom stereocenters. The molecule has 0 bridgehead atoms. The standard InChI is InChI=1S/C15H17N3S/c19-15(18-14-9-5-10-16-12-14)17-11-4-8-13-6-2-1-3-7-13/h1-3,5-7,9-10,12H,4,8,11H2,(H2,17,18,19). The number of anilines is 1. The summed E-state index contributed by atoms with van der Waals surface area (Å²) >= 11 is 5.22. The van der Waals surface area contributed by atoms with Crippen LogP contribution in [-0.4, -0.2) is 16.6 Å². The second-order valence-corrected chi connectivity index (χ2v) is 4.62. The molecule has 2 rings (SSSR count). The van der Waals surface area contributed by atoms with Crippen LogP contribution >= 0.6 is 12.2 Å². The van der Waals surface area contributed by atoms with Gasteiger partial charge in [0.25, 0.3) is 0 Å². The van der Waals surface area contributed by atoms with E-state index in [1.54, 1.807) is 12.4 Å². The van der Waals surface area contributed by atoms with Gasteiger partial charge in [-0.25, -0.2) is 0 Å². The van der Waals surface area contributed by atoms with E-state index >= 15 is 0 Å². The van der Waals surface area contributed by atoms with Gasteiger partial charge in [-0.15, -0.1) is 0 Å². The van der Waals surface area contributed by atoms with Crippen LogP contribution in [0.1, 0.15) is 12.0 Å². The third kappa shape index (κ3) is 5.06. The Bertz CT molecular complexity index is 499. The highest BCUT2D eigenvalue weighted by atomic mass is 32.1. The maximum atomic E-state index is 5.22. The fraction of sp³-hybridized carbons (Fsp3) is 0.200. The minimum Gasteiger partial charge on any atom is -0.362 e. The molecule has 0 radical (unpaired) electrons. The largest absolute Gasteiger partial charge is 0.362 e. The fourth-order valence-electron chi connectivity index (χ4n) is 1.75. The molecule has 0 aliphatic rings. The molecule has 3 nitrogen and oxygen atoms in total. The zero-order valence-corrected chi connectivity index (χ0v) is 11.5. The van der Waals surface area contributed by atoms with Gasteiger partial charge in [0.15, 0.2) is 5.11 Å². The molecule has 2 aromatic rings. The van der Waals surface area contributed by atoms with Gasteiger partial charge in [0.05, 0.1) is 11.9 Å². The minimum atomic E-state index is 0.640. The molecule has 1 heterocycles. The van der Waals surface area contributed by atoms with Gasteiger partial charge in [0.1, 0.15) is 0 Å². The second kappa shape index (κ2) is 7.48. The van der Waals surface area contributed by atoms with E-state index < -0.39 is 0 Å². The average Bonchev–Trinajstić information content (AvgIpc) is 2.46. The maximum Gasteiger partial charge on any atom is 0.170 e. The lowest BCUT2D eigenvalue weighted by Crippen LogP contribution is -2.29. The van der Waals surface area contributed by atoms with E-state index in [9.17, 15) is 0 Å². The lowest BCUT2D eigenvalue weighted by Gasteiger charge is -2.09. The van der Waals surface area contributed by atoms with Crippen molar-refractivity contribution in [2.75, 3.05) is 11.9 Å². The summed E-state index contributed by atoms with van der Waals surface area (Å²) in [6, 6.07) is 14.3.